The first kappa shape index (κ1) is 20.6. The van der Waals surface area contributed by atoms with E-state index in [-0.39, 0.29) is 17.0 Å². The highest BCUT2D eigenvalue weighted by Gasteiger charge is 2.44. The lowest BCUT2D eigenvalue weighted by atomic mass is 9.99. The molecule has 26 heavy (non-hydrogen) atoms. The molecule has 6 nitrogen and oxygen atoms in total. The zero-order chi connectivity index (χ0) is 19.7. The topological polar surface area (TPSA) is 79.4 Å². The van der Waals surface area contributed by atoms with Crippen LogP contribution in [0, 0.1) is 5.92 Å². The molecule has 0 saturated heterocycles. The summed E-state index contributed by atoms with van der Waals surface area (Å²) in [5.41, 5.74) is 5.95. The van der Waals surface area contributed by atoms with Crippen LogP contribution in [0.15, 0.2) is 41.4 Å². The molecule has 0 amide bonds. The van der Waals surface area contributed by atoms with Gasteiger partial charge in [0.1, 0.15) is 11.9 Å². The van der Waals surface area contributed by atoms with Crippen molar-refractivity contribution in [2.24, 2.45) is 5.92 Å². The molecule has 2 atom stereocenters. The van der Waals surface area contributed by atoms with Crippen molar-refractivity contribution in [1.29, 1.82) is 0 Å². The van der Waals surface area contributed by atoms with Gasteiger partial charge in [0.25, 0.3) is 0 Å². The number of nitrogen functional groups attached to an aromatic ring is 1. The molecule has 0 aliphatic carbocycles. The van der Waals surface area contributed by atoms with Gasteiger partial charge in [-0.05, 0) is 41.8 Å². The number of anilines is 1. The molecule has 7 heteroatoms. The predicted molar refractivity (Wildman–Crippen MR) is 107 cm³/mol. The Bertz CT molecular complexity index is 753. The highest BCUT2D eigenvalue weighted by molar-refractivity contribution is 6.74. The van der Waals surface area contributed by atoms with Crippen molar-refractivity contribution >= 4 is 14.1 Å². The van der Waals surface area contributed by atoms with E-state index in [1.54, 1.807) is 18.3 Å². The van der Waals surface area contributed by atoms with Gasteiger partial charge >= 0.3 is 5.69 Å². The summed E-state index contributed by atoms with van der Waals surface area (Å²) < 4.78 is 13.9. The van der Waals surface area contributed by atoms with Gasteiger partial charge in [-0.1, -0.05) is 40.3 Å². The second kappa shape index (κ2) is 7.50. The second-order valence-electron chi connectivity index (χ2n) is 8.14. The molecule has 0 unspecified atom stereocenters. The summed E-state index contributed by atoms with van der Waals surface area (Å²) >= 11 is 0. The van der Waals surface area contributed by atoms with Crippen molar-refractivity contribution in [3.8, 4) is 0 Å². The van der Waals surface area contributed by atoms with Crippen LogP contribution >= 0.6 is 0 Å². The van der Waals surface area contributed by atoms with E-state index in [1.165, 1.54) is 4.57 Å². The number of hydrogen-bond donors (Lipinski definition) is 1. The third-order valence-electron chi connectivity index (χ3n) is 5.91. The lowest BCUT2D eigenvalue weighted by Gasteiger charge is -2.42. The lowest BCUT2D eigenvalue weighted by Crippen LogP contribution is -2.46. The fraction of sp³-hybridized carbons (Fsp3) is 0.579. The summed E-state index contributed by atoms with van der Waals surface area (Å²) in [6, 6.07) is 1.58. The number of nitrogens with zero attached hydrogens (tertiary/aromatic N) is 2. The van der Waals surface area contributed by atoms with Crippen LogP contribution in [0.1, 0.15) is 33.9 Å². The molecule has 1 aliphatic rings. The number of nitrogens with two attached hydrogens (primary N) is 1. The Morgan fingerprint density at radius 2 is 2.15 bits per heavy atom. The van der Waals surface area contributed by atoms with Gasteiger partial charge in [-0.15, -0.1) is 0 Å². The van der Waals surface area contributed by atoms with Crippen LogP contribution in [0.5, 0.6) is 0 Å². The molecule has 1 aromatic heterocycles. The van der Waals surface area contributed by atoms with Gasteiger partial charge in [0.15, 0.2) is 14.5 Å². The molecule has 0 radical (unpaired) electrons. The largest absolute Gasteiger partial charge is 0.414 e. The molecular weight excluding hydrogens is 346 g/mol. The molecule has 144 valence electrons. The van der Waals surface area contributed by atoms with E-state index in [9.17, 15) is 4.79 Å². The first-order valence-electron chi connectivity index (χ1n) is 8.98. The van der Waals surface area contributed by atoms with Crippen molar-refractivity contribution in [3.63, 3.8) is 0 Å². The molecule has 1 aliphatic heterocycles. The summed E-state index contributed by atoms with van der Waals surface area (Å²) in [4.78, 5) is 15.9. The fourth-order valence-corrected chi connectivity index (χ4v) is 5.18. The number of rotatable bonds is 7. The van der Waals surface area contributed by atoms with Crippen LogP contribution in [0.3, 0.4) is 0 Å². The van der Waals surface area contributed by atoms with E-state index >= 15 is 0 Å². The maximum absolute atomic E-state index is 12.1. The molecule has 0 aromatic carbocycles. The Morgan fingerprint density at radius 3 is 2.69 bits per heavy atom. The minimum absolute atomic E-state index is 0.133. The molecule has 2 rings (SSSR count). The standard InChI is InChI=1S/C19H31N3O3Si/c1-8-14-11-15(12-24-26(6,7)19(4,5)13(2)3)25-17(14)22-10-9-16(20)21-18(22)23/h8-11,13,15,17H,1,12H2,2-7H3,(H2,20,21,23)/t15-,17+/m0/s1. The van der Waals surface area contributed by atoms with Crippen molar-refractivity contribution in [3.05, 3.63) is 47.1 Å². The van der Waals surface area contributed by atoms with E-state index < -0.39 is 20.2 Å². The average molecular weight is 378 g/mol. The summed E-state index contributed by atoms with van der Waals surface area (Å²) in [7, 11) is -1.95. The molecule has 1 aromatic rings. The van der Waals surface area contributed by atoms with Crippen LogP contribution in [0.4, 0.5) is 5.82 Å². The summed E-state index contributed by atoms with van der Waals surface area (Å²) in [5, 5.41) is 0.133. The Kier molecular flexibility index (Phi) is 5.94. The SMILES string of the molecule is C=CC1=C[C@@H](CO[Si](C)(C)C(C)(C)C(C)C)O[C@H]1n1ccc(N)nc1=O. The average Bonchev–Trinajstić information content (AvgIpc) is 2.95. The molecule has 0 spiro atoms. The van der Waals surface area contributed by atoms with E-state index in [0.717, 1.165) is 5.57 Å². The quantitative estimate of drug-likeness (QED) is 0.736. The van der Waals surface area contributed by atoms with Gasteiger partial charge in [0.2, 0.25) is 0 Å². The minimum Gasteiger partial charge on any atom is -0.414 e. The Hall–Kier alpha value is -1.70. The molecule has 2 N–H and O–H groups in total. The maximum Gasteiger partial charge on any atom is 0.351 e. The van der Waals surface area contributed by atoms with E-state index in [1.807, 2.05) is 6.08 Å². The molecule has 0 bridgehead atoms. The minimum atomic E-state index is -1.95. The number of hydrogen-bond acceptors (Lipinski definition) is 5. The second-order valence-corrected chi connectivity index (χ2v) is 12.7. The van der Waals surface area contributed by atoms with E-state index in [4.69, 9.17) is 14.9 Å². The van der Waals surface area contributed by atoms with Crippen molar-refractivity contribution < 1.29 is 9.16 Å². The van der Waals surface area contributed by atoms with Crippen LogP contribution in [-0.4, -0.2) is 30.6 Å². The zero-order valence-electron chi connectivity index (χ0n) is 16.7. The summed E-state index contributed by atoms with van der Waals surface area (Å²) in [6.45, 7) is 17.8. The zero-order valence-corrected chi connectivity index (χ0v) is 17.7. The van der Waals surface area contributed by atoms with Gasteiger partial charge in [-0.3, -0.25) is 4.57 Å². The summed E-state index contributed by atoms with van der Waals surface area (Å²) in [6.07, 6.45) is 4.48. The van der Waals surface area contributed by atoms with Crippen molar-refractivity contribution in [2.75, 3.05) is 12.3 Å². The van der Waals surface area contributed by atoms with Crippen LogP contribution in [-0.2, 0) is 9.16 Å². The smallest absolute Gasteiger partial charge is 0.351 e. The normalized spacial score (nSPS) is 21.1. The van der Waals surface area contributed by atoms with Crippen LogP contribution < -0.4 is 11.4 Å². The Morgan fingerprint density at radius 1 is 1.50 bits per heavy atom. The van der Waals surface area contributed by atoms with Gasteiger partial charge in [0.05, 0.1) is 6.61 Å². The highest BCUT2D eigenvalue weighted by atomic mass is 28.4. The van der Waals surface area contributed by atoms with Gasteiger partial charge in [0, 0.05) is 6.20 Å². The van der Waals surface area contributed by atoms with Crippen molar-refractivity contribution in [2.45, 2.75) is 58.2 Å². The van der Waals surface area contributed by atoms with Gasteiger partial charge in [-0.25, -0.2) is 4.79 Å². The third kappa shape index (κ3) is 4.00. The first-order valence-corrected chi connectivity index (χ1v) is 11.9. The number of ether oxygens (including phenoxy) is 1. The molecule has 0 fully saturated rings. The third-order valence-corrected chi connectivity index (χ3v) is 10.5. The first-order chi connectivity index (χ1) is 12.0. The van der Waals surface area contributed by atoms with E-state index in [2.05, 4.69) is 52.4 Å². The lowest BCUT2D eigenvalue weighted by molar-refractivity contribution is -0.0111. The van der Waals surface area contributed by atoms with Crippen LogP contribution in [0.25, 0.3) is 0 Å². The highest BCUT2D eigenvalue weighted by Crippen LogP contribution is 2.44. The predicted octanol–water partition coefficient (Wildman–Crippen LogP) is 3.49. The number of aromatic nitrogens is 2. The van der Waals surface area contributed by atoms with Gasteiger partial charge in [-0.2, -0.15) is 4.98 Å². The van der Waals surface area contributed by atoms with E-state index in [0.29, 0.717) is 12.5 Å². The van der Waals surface area contributed by atoms with Crippen molar-refractivity contribution in [1.82, 2.24) is 9.55 Å². The Balaban J connectivity index is 2.13. The monoisotopic (exact) mass is 377 g/mol. The molecule has 0 saturated carbocycles. The van der Waals surface area contributed by atoms with Crippen LogP contribution in [0.2, 0.25) is 18.1 Å². The molecular formula is C19H31N3O3Si. The van der Waals surface area contributed by atoms with Gasteiger partial charge < -0.3 is 14.9 Å². The maximum atomic E-state index is 12.1. The Labute approximate surface area is 156 Å². The molecule has 2 heterocycles. The summed E-state index contributed by atoms with van der Waals surface area (Å²) in [5.74, 6) is 0.719. The fourth-order valence-electron chi connectivity index (χ4n) is 2.84.